The van der Waals surface area contributed by atoms with E-state index in [4.69, 9.17) is 0 Å². The van der Waals surface area contributed by atoms with Crippen molar-refractivity contribution < 1.29 is 9.59 Å². The minimum atomic E-state index is -0.256. The summed E-state index contributed by atoms with van der Waals surface area (Å²) in [5, 5.41) is 9.80. The van der Waals surface area contributed by atoms with E-state index in [0.717, 1.165) is 17.0 Å². The van der Waals surface area contributed by atoms with E-state index < -0.39 is 0 Å². The maximum atomic E-state index is 12.2. The summed E-state index contributed by atoms with van der Waals surface area (Å²) in [5.74, 6) is 1.34. The third-order valence-corrected chi connectivity index (χ3v) is 5.57. The summed E-state index contributed by atoms with van der Waals surface area (Å²) in [7, 11) is 1.57. The van der Waals surface area contributed by atoms with Crippen LogP contribution in [0.4, 0.5) is 5.82 Å². The molecular formula is C22H21N9O2. The van der Waals surface area contributed by atoms with Crippen molar-refractivity contribution in [2.45, 2.75) is 19.8 Å². The maximum Gasteiger partial charge on any atom is 0.254 e. The van der Waals surface area contributed by atoms with Gasteiger partial charge in [-0.05, 0) is 29.7 Å². The average molecular weight is 443 g/mol. The normalized spacial score (nSPS) is 16.9. The molecule has 0 saturated carbocycles. The van der Waals surface area contributed by atoms with Crippen LogP contribution in [0.25, 0.3) is 16.6 Å². The highest BCUT2D eigenvalue weighted by atomic mass is 16.2. The van der Waals surface area contributed by atoms with Crippen LogP contribution in [-0.2, 0) is 4.79 Å². The van der Waals surface area contributed by atoms with Gasteiger partial charge in [-0.2, -0.15) is 5.10 Å². The average Bonchev–Trinajstić information content (AvgIpc) is 3.47. The number of carbonyl (C=O) groups excluding carboxylic acids is 2. The van der Waals surface area contributed by atoms with Crippen LogP contribution in [0.2, 0.25) is 0 Å². The van der Waals surface area contributed by atoms with Crippen LogP contribution in [0, 0.1) is 5.92 Å². The number of amidine groups is 1. The van der Waals surface area contributed by atoms with Crippen molar-refractivity contribution in [2.75, 3.05) is 12.4 Å². The van der Waals surface area contributed by atoms with Crippen LogP contribution in [0.15, 0.2) is 47.0 Å². The van der Waals surface area contributed by atoms with Crippen molar-refractivity contribution in [3.05, 3.63) is 53.9 Å². The van der Waals surface area contributed by atoms with Crippen molar-refractivity contribution >= 4 is 45.8 Å². The van der Waals surface area contributed by atoms with Gasteiger partial charge in [-0.15, -0.1) is 0 Å². The minimum Gasteiger partial charge on any atom is -0.355 e. The van der Waals surface area contributed by atoms with Gasteiger partial charge in [-0.25, -0.2) is 15.0 Å². The van der Waals surface area contributed by atoms with Crippen LogP contribution >= 0.6 is 0 Å². The Bertz CT molecular complexity index is 1350. The smallest absolute Gasteiger partial charge is 0.254 e. The number of aromatic amines is 1. The molecule has 0 aromatic carbocycles. The number of amides is 2. The number of hydrazone groups is 1. The zero-order valence-electron chi connectivity index (χ0n) is 18.0. The molecule has 3 aromatic heterocycles. The Morgan fingerprint density at radius 3 is 2.85 bits per heavy atom. The first-order valence-electron chi connectivity index (χ1n) is 10.5. The summed E-state index contributed by atoms with van der Waals surface area (Å²) in [6.45, 7) is 1.79. The van der Waals surface area contributed by atoms with Crippen molar-refractivity contribution in [1.29, 1.82) is 0 Å². The van der Waals surface area contributed by atoms with Crippen LogP contribution < -0.4 is 16.1 Å². The molecule has 1 unspecified atom stereocenters. The first-order chi connectivity index (χ1) is 16.1. The number of aliphatic imine (C=N–C) groups is 1. The van der Waals surface area contributed by atoms with Crippen molar-refractivity contribution in [2.24, 2.45) is 16.0 Å². The van der Waals surface area contributed by atoms with Gasteiger partial charge in [0, 0.05) is 32.1 Å². The number of nitrogens with zero attached hydrogens (tertiary/aromatic N) is 5. The molecule has 2 aliphatic heterocycles. The van der Waals surface area contributed by atoms with E-state index in [-0.39, 0.29) is 17.7 Å². The van der Waals surface area contributed by atoms with Gasteiger partial charge in [-0.3, -0.25) is 20.0 Å². The lowest BCUT2D eigenvalue weighted by Crippen LogP contribution is -2.26. The molecule has 5 heterocycles. The summed E-state index contributed by atoms with van der Waals surface area (Å²) >= 11 is 0. The van der Waals surface area contributed by atoms with Gasteiger partial charge in [0.05, 0.1) is 23.2 Å². The summed E-state index contributed by atoms with van der Waals surface area (Å²) in [6.07, 6.45) is 7.68. The third-order valence-electron chi connectivity index (χ3n) is 5.57. The molecule has 0 aliphatic carbocycles. The molecule has 3 aromatic rings. The topological polar surface area (TPSA) is 149 Å². The molecule has 4 N–H and O–H groups in total. The monoisotopic (exact) mass is 443 g/mol. The number of nitrogens with one attached hydrogen (secondary N) is 4. The highest BCUT2D eigenvalue weighted by Gasteiger charge is 2.34. The van der Waals surface area contributed by atoms with Crippen LogP contribution in [-0.4, -0.2) is 50.3 Å². The number of hydrogen-bond donors (Lipinski definition) is 4. The number of rotatable bonds is 5. The van der Waals surface area contributed by atoms with Gasteiger partial charge in [0.1, 0.15) is 22.9 Å². The molecule has 5 rings (SSSR count). The number of hydrogen-bond acceptors (Lipinski definition) is 8. The summed E-state index contributed by atoms with van der Waals surface area (Å²) in [6, 6.07) is 3.68. The summed E-state index contributed by atoms with van der Waals surface area (Å²) in [5.41, 5.74) is 7.17. The lowest BCUT2D eigenvalue weighted by atomic mass is 9.89. The molecule has 166 valence electrons. The Hall–Kier alpha value is -4.41. The second-order valence-electron chi connectivity index (χ2n) is 7.62. The first-order valence-corrected chi connectivity index (χ1v) is 10.5. The Morgan fingerprint density at radius 2 is 2.09 bits per heavy atom. The number of H-pyrrole nitrogens is 1. The van der Waals surface area contributed by atoms with E-state index in [9.17, 15) is 9.59 Å². The number of aromatic nitrogens is 4. The predicted octanol–water partition coefficient (Wildman–Crippen LogP) is 1.83. The lowest BCUT2D eigenvalue weighted by molar-refractivity contribution is -0.115. The van der Waals surface area contributed by atoms with E-state index in [1.54, 1.807) is 38.6 Å². The Labute approximate surface area is 188 Å². The largest absolute Gasteiger partial charge is 0.355 e. The van der Waals surface area contributed by atoms with Crippen molar-refractivity contribution in [3.63, 3.8) is 0 Å². The molecule has 0 saturated heterocycles. The fourth-order valence-corrected chi connectivity index (χ4v) is 3.79. The standard InChI is InChI=1S/C22H21N9O2/c1-3-17(32)28-16-5-4-11(7-25-16)12-6-13-19(30-31-20(13)26-8-12)21-27-15-10-24-9-14(18(15)29-21)22(33)23-2/h4-5,7-10,13H,3,6H2,1-2H3,(H,23,33)(H,26,31)(H,27,29)(H,25,28,32). The Balaban J connectivity index is 1.40. The zero-order valence-corrected chi connectivity index (χ0v) is 18.0. The zero-order chi connectivity index (χ0) is 22.9. The number of anilines is 1. The number of imidazole rings is 1. The number of pyridine rings is 2. The third kappa shape index (κ3) is 3.73. The molecule has 1 atom stereocenters. The van der Waals surface area contributed by atoms with E-state index >= 15 is 0 Å². The molecule has 2 amide bonds. The molecule has 0 radical (unpaired) electrons. The van der Waals surface area contributed by atoms with E-state index in [2.05, 4.69) is 46.1 Å². The molecule has 0 bridgehead atoms. The Morgan fingerprint density at radius 1 is 1.21 bits per heavy atom. The van der Waals surface area contributed by atoms with Crippen molar-refractivity contribution in [1.82, 2.24) is 30.7 Å². The van der Waals surface area contributed by atoms with Gasteiger partial charge in [-0.1, -0.05) is 6.92 Å². The van der Waals surface area contributed by atoms with Gasteiger partial charge < -0.3 is 15.6 Å². The van der Waals surface area contributed by atoms with Crippen LogP contribution in [0.1, 0.15) is 41.5 Å². The second kappa shape index (κ2) is 8.26. The van der Waals surface area contributed by atoms with Crippen molar-refractivity contribution in [3.8, 4) is 0 Å². The molecule has 2 aliphatic rings. The molecule has 0 fully saturated rings. The molecule has 11 heteroatoms. The van der Waals surface area contributed by atoms with Gasteiger partial charge in [0.15, 0.2) is 5.82 Å². The van der Waals surface area contributed by atoms with Gasteiger partial charge in [0.2, 0.25) is 5.91 Å². The highest BCUT2D eigenvalue weighted by Crippen LogP contribution is 2.31. The number of allylic oxidation sites excluding steroid dienone is 1. The Kier molecular flexibility index (Phi) is 5.13. The molecule has 33 heavy (non-hydrogen) atoms. The maximum absolute atomic E-state index is 12.2. The van der Waals surface area contributed by atoms with Gasteiger partial charge in [0.25, 0.3) is 5.91 Å². The molecule has 0 spiro atoms. The van der Waals surface area contributed by atoms with E-state index in [0.29, 0.717) is 46.8 Å². The quantitative estimate of drug-likeness (QED) is 0.473. The second-order valence-corrected chi connectivity index (χ2v) is 7.62. The van der Waals surface area contributed by atoms with E-state index in [1.807, 2.05) is 6.07 Å². The fourth-order valence-electron chi connectivity index (χ4n) is 3.79. The fraction of sp³-hybridized carbons (Fsp3) is 0.227. The predicted molar refractivity (Wildman–Crippen MR) is 124 cm³/mol. The molecule has 11 nitrogen and oxygen atoms in total. The highest BCUT2D eigenvalue weighted by molar-refractivity contribution is 6.18. The number of fused-ring (bicyclic) bond motifs is 2. The lowest BCUT2D eigenvalue weighted by Gasteiger charge is -2.18. The summed E-state index contributed by atoms with van der Waals surface area (Å²) in [4.78, 5) is 44.6. The first kappa shape index (κ1) is 20.5. The van der Waals surface area contributed by atoms with E-state index in [1.165, 1.54) is 6.20 Å². The van der Waals surface area contributed by atoms with Crippen LogP contribution in [0.5, 0.6) is 0 Å². The number of carbonyl (C=O) groups is 2. The van der Waals surface area contributed by atoms with Gasteiger partial charge >= 0.3 is 0 Å². The van der Waals surface area contributed by atoms with Crippen LogP contribution in [0.3, 0.4) is 0 Å². The minimum absolute atomic E-state index is 0.0835. The SMILES string of the molecule is CCC(=O)Nc1ccc(C2=CN=C3NN=C(c4nc5c(C(=O)NC)cncc5[nH]4)C3C2)cn1. The molecular weight excluding hydrogens is 422 g/mol. The summed E-state index contributed by atoms with van der Waals surface area (Å²) < 4.78 is 0.